The molecule has 2 atom stereocenters. The van der Waals surface area contributed by atoms with Crippen LogP contribution in [-0.4, -0.2) is 37.0 Å². The SMILES string of the molecule is COC(=O)[C@@H](C/C=C/c1ccccc1)NC(=O)[C@H]1CCC(=O)N1. The fourth-order valence-electron chi connectivity index (χ4n) is 2.34. The van der Waals surface area contributed by atoms with Crippen molar-refractivity contribution in [3.05, 3.63) is 42.0 Å². The van der Waals surface area contributed by atoms with Gasteiger partial charge in [-0.1, -0.05) is 42.5 Å². The average molecular weight is 316 g/mol. The minimum Gasteiger partial charge on any atom is -0.467 e. The highest BCUT2D eigenvalue weighted by atomic mass is 16.5. The highest BCUT2D eigenvalue weighted by molar-refractivity contribution is 5.93. The van der Waals surface area contributed by atoms with Crippen LogP contribution in [0.15, 0.2) is 36.4 Å². The maximum atomic E-state index is 12.1. The van der Waals surface area contributed by atoms with E-state index in [0.717, 1.165) is 5.56 Å². The second kappa shape index (κ2) is 8.12. The summed E-state index contributed by atoms with van der Waals surface area (Å²) in [6, 6.07) is 8.29. The fraction of sp³-hybridized carbons (Fsp3) is 0.353. The van der Waals surface area contributed by atoms with Crippen molar-refractivity contribution in [1.29, 1.82) is 0 Å². The summed E-state index contributed by atoms with van der Waals surface area (Å²) in [6.45, 7) is 0. The van der Waals surface area contributed by atoms with Crippen LogP contribution in [0.1, 0.15) is 24.8 Å². The molecule has 0 spiro atoms. The van der Waals surface area contributed by atoms with Crippen molar-refractivity contribution in [3.63, 3.8) is 0 Å². The Morgan fingerprint density at radius 1 is 1.39 bits per heavy atom. The zero-order valence-corrected chi connectivity index (χ0v) is 13.0. The molecule has 2 rings (SSSR count). The summed E-state index contributed by atoms with van der Waals surface area (Å²) < 4.78 is 4.72. The van der Waals surface area contributed by atoms with Crippen LogP contribution in [0.3, 0.4) is 0 Å². The summed E-state index contributed by atoms with van der Waals surface area (Å²) in [7, 11) is 1.28. The Bertz CT molecular complexity index is 598. The number of esters is 1. The van der Waals surface area contributed by atoms with Crippen molar-refractivity contribution in [2.45, 2.75) is 31.3 Å². The van der Waals surface area contributed by atoms with E-state index in [1.807, 2.05) is 42.5 Å². The van der Waals surface area contributed by atoms with Crippen LogP contribution in [0.2, 0.25) is 0 Å². The number of hydrogen-bond donors (Lipinski definition) is 2. The molecule has 0 radical (unpaired) electrons. The van der Waals surface area contributed by atoms with Gasteiger partial charge in [-0.3, -0.25) is 9.59 Å². The zero-order valence-electron chi connectivity index (χ0n) is 13.0. The van der Waals surface area contributed by atoms with E-state index in [4.69, 9.17) is 4.74 Å². The van der Waals surface area contributed by atoms with Gasteiger partial charge in [0.15, 0.2) is 0 Å². The predicted octanol–water partition coefficient (Wildman–Crippen LogP) is 1.03. The van der Waals surface area contributed by atoms with Gasteiger partial charge in [-0.15, -0.1) is 0 Å². The van der Waals surface area contributed by atoms with E-state index in [0.29, 0.717) is 19.3 Å². The Morgan fingerprint density at radius 3 is 2.74 bits per heavy atom. The predicted molar refractivity (Wildman–Crippen MR) is 85.2 cm³/mol. The standard InChI is InChI=1S/C17H20N2O4/c1-23-17(22)14(9-5-8-12-6-3-2-4-7-12)19-16(21)13-10-11-15(20)18-13/h2-8,13-14H,9-11H2,1H3,(H,18,20)(H,19,21)/b8-5+/t13-,14-/m1/s1. The van der Waals surface area contributed by atoms with Gasteiger partial charge in [0, 0.05) is 6.42 Å². The zero-order chi connectivity index (χ0) is 16.7. The number of ether oxygens (including phenoxy) is 1. The average Bonchev–Trinajstić information content (AvgIpc) is 3.00. The quantitative estimate of drug-likeness (QED) is 0.768. The first-order valence-corrected chi connectivity index (χ1v) is 7.49. The van der Waals surface area contributed by atoms with Crippen molar-refractivity contribution in [3.8, 4) is 0 Å². The molecule has 0 saturated carbocycles. The minimum absolute atomic E-state index is 0.149. The van der Waals surface area contributed by atoms with Crippen LogP contribution >= 0.6 is 0 Å². The number of amides is 2. The summed E-state index contributed by atoms with van der Waals surface area (Å²) >= 11 is 0. The lowest BCUT2D eigenvalue weighted by Crippen LogP contribution is -2.48. The van der Waals surface area contributed by atoms with Crippen molar-refractivity contribution in [1.82, 2.24) is 10.6 Å². The molecule has 122 valence electrons. The van der Waals surface area contributed by atoms with Crippen LogP contribution in [-0.2, 0) is 19.1 Å². The lowest BCUT2D eigenvalue weighted by molar-refractivity contribution is -0.145. The molecule has 6 nitrogen and oxygen atoms in total. The molecule has 0 bridgehead atoms. The summed E-state index contributed by atoms with van der Waals surface area (Å²) in [6.07, 6.45) is 4.77. The summed E-state index contributed by atoms with van der Waals surface area (Å²) in [5.41, 5.74) is 1.01. The second-order valence-corrected chi connectivity index (χ2v) is 5.29. The summed E-state index contributed by atoms with van der Waals surface area (Å²) in [4.78, 5) is 35.1. The molecular formula is C17H20N2O4. The van der Waals surface area contributed by atoms with Gasteiger partial charge in [0.2, 0.25) is 11.8 Å². The Hall–Kier alpha value is -2.63. The molecular weight excluding hydrogens is 296 g/mol. The van der Waals surface area contributed by atoms with E-state index in [2.05, 4.69) is 10.6 Å². The van der Waals surface area contributed by atoms with Gasteiger partial charge < -0.3 is 15.4 Å². The molecule has 1 aromatic carbocycles. The third-order valence-electron chi connectivity index (χ3n) is 3.60. The largest absolute Gasteiger partial charge is 0.467 e. The first-order chi connectivity index (χ1) is 11.1. The van der Waals surface area contributed by atoms with Crippen LogP contribution in [0, 0.1) is 0 Å². The van der Waals surface area contributed by atoms with Gasteiger partial charge in [0.25, 0.3) is 0 Å². The van der Waals surface area contributed by atoms with Crippen molar-refractivity contribution in [2.24, 2.45) is 0 Å². The maximum absolute atomic E-state index is 12.1. The topological polar surface area (TPSA) is 84.5 Å². The normalized spacial score (nSPS) is 18.5. The smallest absolute Gasteiger partial charge is 0.328 e. The minimum atomic E-state index is -0.773. The molecule has 23 heavy (non-hydrogen) atoms. The Kier molecular flexibility index (Phi) is 5.91. The first-order valence-electron chi connectivity index (χ1n) is 7.49. The monoisotopic (exact) mass is 316 g/mol. The third-order valence-corrected chi connectivity index (χ3v) is 3.60. The molecule has 2 amide bonds. The first kappa shape index (κ1) is 16.7. The molecule has 1 aliphatic rings. The number of carbonyl (C=O) groups excluding carboxylic acids is 3. The number of rotatable bonds is 6. The van der Waals surface area contributed by atoms with E-state index in [1.165, 1.54) is 7.11 Å². The highest BCUT2D eigenvalue weighted by Crippen LogP contribution is 2.08. The van der Waals surface area contributed by atoms with E-state index in [1.54, 1.807) is 0 Å². The van der Waals surface area contributed by atoms with Crippen LogP contribution < -0.4 is 10.6 Å². The van der Waals surface area contributed by atoms with Crippen LogP contribution in [0.4, 0.5) is 0 Å². The molecule has 1 fully saturated rings. The van der Waals surface area contributed by atoms with Gasteiger partial charge >= 0.3 is 5.97 Å². The third kappa shape index (κ3) is 4.95. The van der Waals surface area contributed by atoms with Gasteiger partial charge in [0.1, 0.15) is 12.1 Å². The van der Waals surface area contributed by atoms with Crippen molar-refractivity contribution in [2.75, 3.05) is 7.11 Å². The summed E-state index contributed by atoms with van der Waals surface area (Å²) in [5.74, 6) is -1.02. The molecule has 1 heterocycles. The molecule has 2 N–H and O–H groups in total. The molecule has 0 unspecified atom stereocenters. The lowest BCUT2D eigenvalue weighted by Gasteiger charge is -2.17. The highest BCUT2D eigenvalue weighted by Gasteiger charge is 2.30. The second-order valence-electron chi connectivity index (χ2n) is 5.29. The number of hydrogen-bond acceptors (Lipinski definition) is 4. The van der Waals surface area contributed by atoms with E-state index >= 15 is 0 Å². The lowest BCUT2D eigenvalue weighted by atomic mass is 10.1. The van der Waals surface area contributed by atoms with Gasteiger partial charge in [-0.2, -0.15) is 0 Å². The van der Waals surface area contributed by atoms with Gasteiger partial charge in [-0.05, 0) is 18.4 Å². The Morgan fingerprint density at radius 2 is 2.13 bits per heavy atom. The van der Waals surface area contributed by atoms with Gasteiger partial charge in [0.05, 0.1) is 7.11 Å². The van der Waals surface area contributed by atoms with Gasteiger partial charge in [-0.25, -0.2) is 4.79 Å². The van der Waals surface area contributed by atoms with Crippen LogP contribution in [0.5, 0.6) is 0 Å². The molecule has 1 aromatic rings. The number of methoxy groups -OCH3 is 1. The number of carbonyl (C=O) groups is 3. The molecule has 1 saturated heterocycles. The number of benzene rings is 1. The fourth-order valence-corrected chi connectivity index (χ4v) is 2.34. The van der Waals surface area contributed by atoms with E-state index < -0.39 is 18.1 Å². The number of nitrogens with one attached hydrogen (secondary N) is 2. The molecule has 6 heteroatoms. The van der Waals surface area contributed by atoms with Crippen molar-refractivity contribution >= 4 is 23.9 Å². The molecule has 1 aliphatic heterocycles. The Labute approximate surface area is 134 Å². The molecule has 0 aromatic heterocycles. The van der Waals surface area contributed by atoms with E-state index in [9.17, 15) is 14.4 Å². The van der Waals surface area contributed by atoms with Crippen molar-refractivity contribution < 1.29 is 19.1 Å². The maximum Gasteiger partial charge on any atom is 0.328 e. The summed E-state index contributed by atoms with van der Waals surface area (Å²) in [5, 5.41) is 5.21. The van der Waals surface area contributed by atoms with Crippen LogP contribution in [0.25, 0.3) is 6.08 Å². The Balaban J connectivity index is 1.94. The van der Waals surface area contributed by atoms with E-state index in [-0.39, 0.29) is 11.8 Å². The molecule has 0 aliphatic carbocycles.